The van der Waals surface area contributed by atoms with Gasteiger partial charge in [-0.15, -0.1) is 0 Å². The van der Waals surface area contributed by atoms with E-state index in [9.17, 15) is 0 Å². The van der Waals surface area contributed by atoms with Crippen LogP contribution in [0.2, 0.25) is 0 Å². The zero-order chi connectivity index (χ0) is 11.3. The molecule has 1 heterocycles. The molecule has 0 spiro atoms. The van der Waals surface area contributed by atoms with Crippen molar-refractivity contribution in [1.82, 2.24) is 14.9 Å². The second-order valence-corrected chi connectivity index (χ2v) is 4.04. The minimum absolute atomic E-state index is 0.681. The average molecular weight is 225 g/mol. The number of H-pyrrole nitrogens is 1. The highest BCUT2D eigenvalue weighted by Crippen LogP contribution is 1.99. The lowest BCUT2D eigenvalue weighted by Crippen LogP contribution is -2.25. The number of hydrogen-bond donors (Lipinski definition) is 1. The van der Waals surface area contributed by atoms with Gasteiger partial charge in [0.15, 0.2) is 0 Å². The SMILES string of the molecule is CCN(CC)CCc1nc(=S)cc(C)[nH]1. The van der Waals surface area contributed by atoms with E-state index in [1.807, 2.05) is 13.0 Å². The number of likely N-dealkylation sites (N-methyl/N-ethyl adjacent to an activating group) is 1. The molecule has 0 radical (unpaired) electrons. The van der Waals surface area contributed by atoms with Crippen LogP contribution in [0.5, 0.6) is 0 Å². The van der Waals surface area contributed by atoms with Gasteiger partial charge in [0, 0.05) is 18.7 Å². The van der Waals surface area contributed by atoms with Crippen molar-refractivity contribution >= 4 is 12.2 Å². The summed E-state index contributed by atoms with van der Waals surface area (Å²) in [5, 5.41) is 0. The molecule has 1 rings (SSSR count). The molecule has 0 aliphatic carbocycles. The number of aromatic amines is 1. The quantitative estimate of drug-likeness (QED) is 0.781. The number of aromatic nitrogens is 2. The highest BCUT2D eigenvalue weighted by molar-refractivity contribution is 7.71. The number of nitrogens with one attached hydrogen (secondary N) is 1. The maximum absolute atomic E-state index is 5.08. The maximum atomic E-state index is 5.08. The van der Waals surface area contributed by atoms with Crippen molar-refractivity contribution in [3.8, 4) is 0 Å². The zero-order valence-electron chi connectivity index (χ0n) is 9.71. The van der Waals surface area contributed by atoms with Gasteiger partial charge in [-0.25, -0.2) is 4.98 Å². The molecule has 1 aromatic heterocycles. The van der Waals surface area contributed by atoms with Gasteiger partial charge in [-0.2, -0.15) is 0 Å². The summed E-state index contributed by atoms with van der Waals surface area (Å²) >= 11 is 5.08. The lowest BCUT2D eigenvalue weighted by molar-refractivity contribution is 0.305. The first-order valence-corrected chi connectivity index (χ1v) is 5.85. The van der Waals surface area contributed by atoms with Gasteiger partial charge in [0.1, 0.15) is 10.5 Å². The molecule has 84 valence electrons. The average Bonchev–Trinajstić information content (AvgIpc) is 2.18. The van der Waals surface area contributed by atoms with Crippen LogP contribution in [-0.4, -0.2) is 34.5 Å². The maximum Gasteiger partial charge on any atom is 0.129 e. The molecule has 0 aromatic carbocycles. The van der Waals surface area contributed by atoms with Gasteiger partial charge in [-0.1, -0.05) is 26.1 Å². The fourth-order valence-electron chi connectivity index (χ4n) is 1.56. The Labute approximate surface area is 96.5 Å². The van der Waals surface area contributed by atoms with E-state index >= 15 is 0 Å². The highest BCUT2D eigenvalue weighted by atomic mass is 32.1. The van der Waals surface area contributed by atoms with Crippen molar-refractivity contribution in [3.05, 3.63) is 22.2 Å². The van der Waals surface area contributed by atoms with Crippen LogP contribution in [0.25, 0.3) is 0 Å². The minimum Gasteiger partial charge on any atom is -0.347 e. The van der Waals surface area contributed by atoms with Gasteiger partial charge in [0.05, 0.1) is 0 Å². The van der Waals surface area contributed by atoms with Crippen LogP contribution in [0.15, 0.2) is 6.07 Å². The summed E-state index contributed by atoms with van der Waals surface area (Å²) in [6.45, 7) is 9.57. The molecular formula is C11H19N3S. The normalized spacial score (nSPS) is 10.9. The first kappa shape index (κ1) is 12.3. The Morgan fingerprint density at radius 1 is 1.40 bits per heavy atom. The third kappa shape index (κ3) is 4.10. The van der Waals surface area contributed by atoms with E-state index in [-0.39, 0.29) is 0 Å². The van der Waals surface area contributed by atoms with E-state index < -0.39 is 0 Å². The fraction of sp³-hybridized carbons (Fsp3) is 0.636. The fourth-order valence-corrected chi connectivity index (χ4v) is 1.85. The standard InChI is InChI=1S/C11H19N3S/c1-4-14(5-2)7-6-10-12-9(3)8-11(15)13-10/h8H,4-7H2,1-3H3,(H,12,13,15). The zero-order valence-corrected chi connectivity index (χ0v) is 10.5. The van der Waals surface area contributed by atoms with Crippen LogP contribution in [0.1, 0.15) is 25.4 Å². The molecule has 4 heteroatoms. The summed E-state index contributed by atoms with van der Waals surface area (Å²) in [5.74, 6) is 0.993. The summed E-state index contributed by atoms with van der Waals surface area (Å²) in [6, 6.07) is 1.89. The van der Waals surface area contributed by atoms with Gasteiger partial charge in [-0.3, -0.25) is 0 Å². The Morgan fingerprint density at radius 3 is 2.60 bits per heavy atom. The van der Waals surface area contributed by atoms with Crippen molar-refractivity contribution in [2.45, 2.75) is 27.2 Å². The van der Waals surface area contributed by atoms with Crippen molar-refractivity contribution in [2.75, 3.05) is 19.6 Å². The van der Waals surface area contributed by atoms with Crippen molar-refractivity contribution in [1.29, 1.82) is 0 Å². The minimum atomic E-state index is 0.681. The summed E-state index contributed by atoms with van der Waals surface area (Å²) in [7, 11) is 0. The molecule has 3 nitrogen and oxygen atoms in total. The smallest absolute Gasteiger partial charge is 0.129 e. The van der Waals surface area contributed by atoms with Gasteiger partial charge in [0.2, 0.25) is 0 Å². The second kappa shape index (κ2) is 5.98. The summed E-state index contributed by atoms with van der Waals surface area (Å²) < 4.78 is 0.681. The molecule has 1 N–H and O–H groups in total. The van der Waals surface area contributed by atoms with Crippen LogP contribution in [0.4, 0.5) is 0 Å². The Hall–Kier alpha value is -0.740. The second-order valence-electron chi connectivity index (χ2n) is 3.63. The van der Waals surface area contributed by atoms with E-state index in [1.165, 1.54) is 0 Å². The topological polar surface area (TPSA) is 31.9 Å². The molecule has 0 aliphatic heterocycles. The van der Waals surface area contributed by atoms with E-state index in [0.29, 0.717) is 4.64 Å². The highest BCUT2D eigenvalue weighted by Gasteiger charge is 2.01. The number of rotatable bonds is 5. The molecule has 1 aromatic rings. The van der Waals surface area contributed by atoms with Gasteiger partial charge in [-0.05, 0) is 26.1 Å². The van der Waals surface area contributed by atoms with Crippen molar-refractivity contribution in [2.24, 2.45) is 0 Å². The third-order valence-corrected chi connectivity index (χ3v) is 2.69. The number of hydrogen-bond acceptors (Lipinski definition) is 3. The first-order chi connectivity index (χ1) is 7.15. The first-order valence-electron chi connectivity index (χ1n) is 5.45. The molecule has 0 saturated carbocycles. The Morgan fingerprint density at radius 2 is 2.07 bits per heavy atom. The monoisotopic (exact) mass is 225 g/mol. The van der Waals surface area contributed by atoms with Gasteiger partial charge >= 0.3 is 0 Å². The summed E-state index contributed by atoms with van der Waals surface area (Å²) in [4.78, 5) is 9.93. The van der Waals surface area contributed by atoms with E-state index in [0.717, 1.165) is 37.6 Å². The van der Waals surface area contributed by atoms with Crippen LogP contribution in [-0.2, 0) is 6.42 Å². The molecular weight excluding hydrogens is 206 g/mol. The molecule has 0 bridgehead atoms. The van der Waals surface area contributed by atoms with E-state index in [1.54, 1.807) is 0 Å². The number of aryl methyl sites for hydroxylation is 1. The van der Waals surface area contributed by atoms with Crippen LogP contribution < -0.4 is 0 Å². The lowest BCUT2D eigenvalue weighted by Gasteiger charge is -2.17. The number of nitrogens with zero attached hydrogens (tertiary/aromatic N) is 2. The molecule has 0 saturated heterocycles. The predicted molar refractivity (Wildman–Crippen MR) is 65.7 cm³/mol. The Bertz CT molecular complexity index is 355. The largest absolute Gasteiger partial charge is 0.347 e. The third-order valence-electron chi connectivity index (χ3n) is 2.49. The Kier molecular flexibility index (Phi) is 4.91. The molecule has 0 amide bonds. The van der Waals surface area contributed by atoms with Crippen LogP contribution >= 0.6 is 12.2 Å². The van der Waals surface area contributed by atoms with Crippen molar-refractivity contribution in [3.63, 3.8) is 0 Å². The molecule has 0 atom stereocenters. The predicted octanol–water partition coefficient (Wildman–Crippen LogP) is 2.33. The Balaban J connectivity index is 2.61. The summed E-state index contributed by atoms with van der Waals surface area (Å²) in [5.41, 5.74) is 1.09. The van der Waals surface area contributed by atoms with Gasteiger partial charge < -0.3 is 9.88 Å². The molecule has 0 aliphatic rings. The molecule has 0 unspecified atom stereocenters. The molecule has 15 heavy (non-hydrogen) atoms. The van der Waals surface area contributed by atoms with E-state index in [4.69, 9.17) is 12.2 Å². The van der Waals surface area contributed by atoms with Crippen molar-refractivity contribution < 1.29 is 0 Å². The summed E-state index contributed by atoms with van der Waals surface area (Å²) in [6.07, 6.45) is 0.938. The van der Waals surface area contributed by atoms with E-state index in [2.05, 4.69) is 28.7 Å². The lowest BCUT2D eigenvalue weighted by atomic mass is 10.3. The van der Waals surface area contributed by atoms with Crippen LogP contribution in [0.3, 0.4) is 0 Å². The molecule has 0 fully saturated rings. The van der Waals surface area contributed by atoms with Gasteiger partial charge in [0.25, 0.3) is 0 Å². The van der Waals surface area contributed by atoms with Crippen LogP contribution in [0, 0.1) is 11.6 Å².